The molecule has 2 fully saturated rings. The maximum atomic E-state index is 13.8. The summed E-state index contributed by atoms with van der Waals surface area (Å²) in [6.45, 7) is 3.98. The highest BCUT2D eigenvalue weighted by Gasteiger charge is 2.47. The van der Waals surface area contributed by atoms with Crippen molar-refractivity contribution in [2.45, 2.75) is 82.2 Å². The topological polar surface area (TPSA) is 255 Å². The zero-order valence-electron chi connectivity index (χ0n) is 24.0. The largest absolute Gasteiger partial charge is 0.507 e. The van der Waals surface area contributed by atoms with Crippen LogP contribution in [-0.4, -0.2) is 108 Å². The van der Waals surface area contributed by atoms with Gasteiger partial charge in [0.05, 0.1) is 12.2 Å². The summed E-state index contributed by atoms with van der Waals surface area (Å²) >= 11 is 0. The molecule has 8 N–H and O–H groups in total. The number of ether oxygens (including phenoxy) is 5. The van der Waals surface area contributed by atoms with E-state index in [4.69, 9.17) is 28.1 Å². The van der Waals surface area contributed by atoms with Gasteiger partial charge in [0.2, 0.25) is 23.8 Å². The van der Waals surface area contributed by atoms with Crippen LogP contribution < -0.4 is 14.9 Å². The molecule has 1 aromatic heterocycles. The average Bonchev–Trinajstić information content (AvgIpc) is 2.97. The number of phenolic OH excluding ortho intramolecular Hbond substituents is 3. The van der Waals surface area contributed by atoms with Crippen molar-refractivity contribution in [1.29, 1.82) is 0 Å². The summed E-state index contributed by atoms with van der Waals surface area (Å²) in [5.74, 6) is -3.71. The molecule has 0 bridgehead atoms. The molecule has 3 aromatic rings. The minimum absolute atomic E-state index is 0.0150. The molecule has 3 heterocycles. The van der Waals surface area contributed by atoms with Crippen LogP contribution in [-0.2, 0) is 19.0 Å². The van der Waals surface area contributed by atoms with E-state index in [9.17, 15) is 50.4 Å². The maximum absolute atomic E-state index is 13.8. The van der Waals surface area contributed by atoms with Gasteiger partial charge in [0.1, 0.15) is 53.0 Å². The van der Waals surface area contributed by atoms with E-state index >= 15 is 0 Å². The normalized spacial score (nSPS) is 31.8. The predicted octanol–water partition coefficient (Wildman–Crippen LogP) is -0.440. The fourth-order valence-corrected chi connectivity index (χ4v) is 5.11. The van der Waals surface area contributed by atoms with Crippen LogP contribution in [0.2, 0.25) is 0 Å². The fourth-order valence-electron chi connectivity index (χ4n) is 5.11. The van der Waals surface area contributed by atoms with E-state index < -0.39 is 101 Å². The van der Waals surface area contributed by atoms with Crippen LogP contribution in [0.25, 0.3) is 22.3 Å². The van der Waals surface area contributed by atoms with Crippen molar-refractivity contribution in [1.82, 2.24) is 0 Å². The number of phenols is 3. The van der Waals surface area contributed by atoms with E-state index in [1.807, 2.05) is 0 Å². The first-order valence-corrected chi connectivity index (χ1v) is 13.8. The summed E-state index contributed by atoms with van der Waals surface area (Å²) in [4.78, 5) is 25.3. The smallest absolute Gasteiger partial charge is 0.303 e. The molecule has 16 heteroatoms. The van der Waals surface area contributed by atoms with Crippen LogP contribution in [0, 0.1) is 0 Å². The quantitative estimate of drug-likeness (QED) is 0.126. The summed E-state index contributed by atoms with van der Waals surface area (Å²) in [7, 11) is 0. The zero-order valence-corrected chi connectivity index (χ0v) is 24.0. The predicted molar refractivity (Wildman–Crippen MR) is 148 cm³/mol. The molecule has 16 nitrogen and oxygen atoms in total. The monoisotopic (exact) mass is 636 g/mol. The van der Waals surface area contributed by atoms with Gasteiger partial charge >= 0.3 is 5.97 Å². The first-order valence-electron chi connectivity index (χ1n) is 13.8. The van der Waals surface area contributed by atoms with Gasteiger partial charge in [-0.3, -0.25) is 9.59 Å². The van der Waals surface area contributed by atoms with Crippen molar-refractivity contribution in [3.63, 3.8) is 0 Å². The van der Waals surface area contributed by atoms with Crippen molar-refractivity contribution >= 4 is 16.9 Å². The SMILES string of the molecule is CC(=O)OC1C(C)OC(Oc2c(-c3ccc(O)c(O)c3)oc3cc(OC4OC(C)C(O)C(O)C4O)cc(O)c3c2=O)C(O)C1O. The van der Waals surface area contributed by atoms with Crippen molar-refractivity contribution in [2.75, 3.05) is 0 Å². The second kappa shape index (κ2) is 12.3. The van der Waals surface area contributed by atoms with Crippen LogP contribution in [0.4, 0.5) is 0 Å². The lowest BCUT2D eigenvalue weighted by Crippen LogP contribution is -2.59. The Balaban J connectivity index is 1.58. The lowest BCUT2D eigenvalue weighted by molar-refractivity contribution is -0.272. The number of aromatic hydroxyl groups is 3. The molecule has 2 aliphatic rings. The summed E-state index contributed by atoms with van der Waals surface area (Å²) in [6, 6.07) is 5.55. The summed E-state index contributed by atoms with van der Waals surface area (Å²) in [5, 5.41) is 82.1. The Kier molecular flexibility index (Phi) is 8.83. The van der Waals surface area contributed by atoms with Gasteiger partial charge in [0.15, 0.2) is 23.4 Å². The van der Waals surface area contributed by atoms with Gasteiger partial charge in [-0.25, -0.2) is 0 Å². The van der Waals surface area contributed by atoms with Gasteiger partial charge < -0.3 is 69.0 Å². The standard InChI is InChI=1S/C29H32O16/c1-9-19(34)21(36)23(38)28(40-9)43-13-7-16(33)18-17(8-13)44-26(12-4-5-14(31)15(32)6-12)27(20(18)35)45-29-24(39)22(37)25(10(2)41-29)42-11(3)30/h4-10,19,21-25,28-29,31-34,36-39H,1-3H3. The van der Waals surface area contributed by atoms with Gasteiger partial charge in [-0.1, -0.05) is 0 Å². The number of aliphatic hydroxyl groups is 5. The number of esters is 1. The molecule has 5 rings (SSSR count). The van der Waals surface area contributed by atoms with E-state index in [1.54, 1.807) is 0 Å². The minimum atomic E-state index is -1.84. The van der Waals surface area contributed by atoms with Gasteiger partial charge in [-0.15, -0.1) is 0 Å². The summed E-state index contributed by atoms with van der Waals surface area (Å²) in [6.07, 6.45) is -14.6. The molecule has 244 valence electrons. The highest BCUT2D eigenvalue weighted by Crippen LogP contribution is 2.40. The number of hydrogen-bond donors (Lipinski definition) is 8. The van der Waals surface area contributed by atoms with Gasteiger partial charge in [-0.05, 0) is 32.0 Å². The van der Waals surface area contributed by atoms with Crippen LogP contribution in [0.15, 0.2) is 39.5 Å². The molecule has 0 aliphatic carbocycles. The molecule has 0 amide bonds. The average molecular weight is 637 g/mol. The molecule has 0 radical (unpaired) electrons. The zero-order chi connectivity index (χ0) is 32.9. The molecule has 2 aromatic carbocycles. The Labute approximate surface area is 253 Å². The van der Waals surface area contributed by atoms with Crippen LogP contribution in [0.5, 0.6) is 28.7 Å². The van der Waals surface area contributed by atoms with Crippen molar-refractivity contribution in [3.8, 4) is 40.1 Å². The lowest BCUT2D eigenvalue weighted by Gasteiger charge is -2.40. The van der Waals surface area contributed by atoms with Crippen LogP contribution >= 0.6 is 0 Å². The van der Waals surface area contributed by atoms with Crippen molar-refractivity contribution in [2.24, 2.45) is 0 Å². The van der Waals surface area contributed by atoms with E-state index in [1.165, 1.54) is 19.9 Å². The van der Waals surface area contributed by atoms with E-state index in [0.717, 1.165) is 31.2 Å². The third-order valence-electron chi connectivity index (χ3n) is 7.52. The number of carbonyl (C=O) groups is 1. The van der Waals surface area contributed by atoms with Crippen molar-refractivity contribution < 1.29 is 73.7 Å². The molecular weight excluding hydrogens is 604 g/mol. The van der Waals surface area contributed by atoms with E-state index in [-0.39, 0.29) is 22.7 Å². The molecule has 2 aliphatic heterocycles. The summed E-state index contributed by atoms with van der Waals surface area (Å²) in [5.41, 5.74) is -1.31. The fraction of sp³-hybridized carbons (Fsp3) is 0.448. The number of fused-ring (bicyclic) bond motifs is 1. The van der Waals surface area contributed by atoms with Gasteiger partial charge in [0.25, 0.3) is 0 Å². The Morgan fingerprint density at radius 2 is 1.40 bits per heavy atom. The number of aliphatic hydroxyl groups excluding tert-OH is 5. The Bertz CT molecular complexity index is 1640. The van der Waals surface area contributed by atoms with Crippen molar-refractivity contribution in [3.05, 3.63) is 40.6 Å². The number of hydrogen-bond acceptors (Lipinski definition) is 16. The lowest BCUT2D eigenvalue weighted by atomic mass is 9.99. The maximum Gasteiger partial charge on any atom is 0.303 e. The van der Waals surface area contributed by atoms with Gasteiger partial charge in [0, 0.05) is 24.6 Å². The second-order valence-electron chi connectivity index (χ2n) is 10.8. The van der Waals surface area contributed by atoms with Gasteiger partial charge in [-0.2, -0.15) is 0 Å². The number of carbonyl (C=O) groups excluding carboxylic acids is 1. The molecule has 10 unspecified atom stereocenters. The highest BCUT2D eigenvalue weighted by atomic mass is 16.7. The first-order chi connectivity index (χ1) is 21.2. The Hall–Kier alpha value is -4.16. The molecular formula is C29H32O16. The number of benzene rings is 2. The first kappa shape index (κ1) is 32.2. The molecule has 10 atom stereocenters. The van der Waals surface area contributed by atoms with E-state index in [0.29, 0.717) is 0 Å². The van der Waals surface area contributed by atoms with E-state index in [2.05, 4.69) is 0 Å². The molecule has 0 saturated carbocycles. The van der Waals surface area contributed by atoms with Crippen LogP contribution in [0.1, 0.15) is 20.8 Å². The Morgan fingerprint density at radius 1 is 0.756 bits per heavy atom. The van der Waals surface area contributed by atoms with Crippen LogP contribution in [0.3, 0.4) is 0 Å². The Morgan fingerprint density at radius 3 is 2.07 bits per heavy atom. The molecule has 2 saturated heterocycles. The highest BCUT2D eigenvalue weighted by molar-refractivity contribution is 5.88. The minimum Gasteiger partial charge on any atom is -0.507 e. The molecule has 0 spiro atoms. The second-order valence-corrected chi connectivity index (χ2v) is 10.8. The third kappa shape index (κ3) is 6.08. The third-order valence-corrected chi connectivity index (χ3v) is 7.52. The molecule has 45 heavy (non-hydrogen) atoms. The number of rotatable bonds is 6. The summed E-state index contributed by atoms with van der Waals surface area (Å²) < 4.78 is 33.4.